The van der Waals surface area contributed by atoms with Gasteiger partial charge in [-0.15, -0.1) is 0 Å². The molecule has 0 fully saturated rings. The number of Topliss-reactive ketones (excluding diaryl/α,β-unsaturated/α-hetero) is 1. The fraction of sp³-hybridized carbons (Fsp3) is 0.364. The lowest BCUT2D eigenvalue weighted by Gasteiger charge is -2.17. The molecule has 1 aromatic carbocycles. The minimum Gasteiger partial charge on any atom is -0.388 e. The molecule has 0 aromatic heterocycles. The largest absolute Gasteiger partial charge is 0.388 e. The van der Waals surface area contributed by atoms with Crippen LogP contribution in [0.5, 0.6) is 0 Å². The molecule has 1 aromatic rings. The molecule has 0 amide bonds. The van der Waals surface area contributed by atoms with Gasteiger partial charge in [0.2, 0.25) is 0 Å². The van der Waals surface area contributed by atoms with E-state index in [9.17, 15) is 9.90 Å². The summed E-state index contributed by atoms with van der Waals surface area (Å²) in [6.45, 7) is 3.15. The molecule has 0 aliphatic heterocycles. The van der Waals surface area contributed by atoms with Crippen molar-refractivity contribution in [3.05, 3.63) is 34.9 Å². The van der Waals surface area contributed by atoms with Crippen molar-refractivity contribution in [1.29, 1.82) is 0 Å². The van der Waals surface area contributed by atoms with Crippen LogP contribution in [0, 0.1) is 5.92 Å². The molecule has 2 atom stereocenters. The Kier molecular flexibility index (Phi) is 3.67. The zero-order valence-electron chi connectivity index (χ0n) is 8.20. The van der Waals surface area contributed by atoms with Gasteiger partial charge in [-0.05, 0) is 18.6 Å². The Morgan fingerprint density at radius 3 is 2.50 bits per heavy atom. The van der Waals surface area contributed by atoms with E-state index < -0.39 is 12.0 Å². The quantitative estimate of drug-likeness (QED) is 0.836. The van der Waals surface area contributed by atoms with Gasteiger partial charge in [0.05, 0.1) is 6.10 Å². The molecule has 0 saturated heterocycles. The van der Waals surface area contributed by atoms with Crippen molar-refractivity contribution < 1.29 is 9.90 Å². The lowest BCUT2D eigenvalue weighted by molar-refractivity contribution is -0.123. The van der Waals surface area contributed by atoms with Crippen molar-refractivity contribution in [3.8, 4) is 0 Å². The second-order valence-corrected chi connectivity index (χ2v) is 3.77. The highest BCUT2D eigenvalue weighted by atomic mass is 35.5. The fourth-order valence-electron chi connectivity index (χ4n) is 1.21. The smallest absolute Gasteiger partial charge is 0.135 e. The SMILES string of the molecule is CC(=O)[C@@H](C)[C@@H](O)c1ccccc1Cl. The van der Waals surface area contributed by atoms with E-state index in [4.69, 9.17) is 11.6 Å². The lowest BCUT2D eigenvalue weighted by Crippen LogP contribution is -2.16. The number of carbonyl (C=O) groups is 1. The molecule has 76 valence electrons. The first-order valence-electron chi connectivity index (χ1n) is 4.47. The Bertz CT molecular complexity index is 336. The third kappa shape index (κ3) is 2.34. The summed E-state index contributed by atoms with van der Waals surface area (Å²) in [4.78, 5) is 11.1. The van der Waals surface area contributed by atoms with Gasteiger partial charge in [0, 0.05) is 10.9 Å². The number of aliphatic hydroxyl groups excluding tert-OH is 1. The molecule has 3 heteroatoms. The van der Waals surface area contributed by atoms with Crippen LogP contribution < -0.4 is 0 Å². The zero-order chi connectivity index (χ0) is 10.7. The van der Waals surface area contributed by atoms with E-state index in [-0.39, 0.29) is 5.78 Å². The average molecular weight is 213 g/mol. The molecule has 0 bridgehead atoms. The maximum atomic E-state index is 11.1. The Balaban J connectivity index is 2.94. The summed E-state index contributed by atoms with van der Waals surface area (Å²) in [6.07, 6.45) is -0.818. The zero-order valence-corrected chi connectivity index (χ0v) is 8.95. The van der Waals surface area contributed by atoms with Crippen molar-refractivity contribution in [2.24, 2.45) is 5.92 Å². The summed E-state index contributed by atoms with van der Waals surface area (Å²) in [7, 11) is 0. The third-order valence-corrected chi connectivity index (χ3v) is 2.68. The van der Waals surface area contributed by atoms with Crippen LogP contribution in [0.25, 0.3) is 0 Å². The maximum Gasteiger partial charge on any atom is 0.135 e. The van der Waals surface area contributed by atoms with E-state index in [1.807, 2.05) is 0 Å². The number of halogens is 1. The van der Waals surface area contributed by atoms with Crippen LogP contribution in [0.1, 0.15) is 25.5 Å². The monoisotopic (exact) mass is 212 g/mol. The van der Waals surface area contributed by atoms with Gasteiger partial charge in [-0.1, -0.05) is 36.7 Å². The van der Waals surface area contributed by atoms with Gasteiger partial charge in [0.25, 0.3) is 0 Å². The van der Waals surface area contributed by atoms with E-state index in [1.165, 1.54) is 6.92 Å². The Morgan fingerprint density at radius 1 is 1.43 bits per heavy atom. The molecule has 1 rings (SSSR count). The first kappa shape index (κ1) is 11.2. The number of rotatable bonds is 3. The molecule has 0 radical (unpaired) electrons. The van der Waals surface area contributed by atoms with Crippen LogP contribution in [-0.4, -0.2) is 10.9 Å². The molecule has 0 saturated carbocycles. The molecule has 0 spiro atoms. The first-order valence-corrected chi connectivity index (χ1v) is 4.84. The normalized spacial score (nSPS) is 14.9. The molecule has 0 unspecified atom stereocenters. The van der Waals surface area contributed by atoms with Gasteiger partial charge in [-0.25, -0.2) is 0 Å². The number of benzene rings is 1. The second kappa shape index (κ2) is 4.58. The van der Waals surface area contributed by atoms with E-state index in [0.29, 0.717) is 10.6 Å². The summed E-state index contributed by atoms with van der Waals surface area (Å²) in [5, 5.41) is 10.3. The Labute approximate surface area is 88.5 Å². The van der Waals surface area contributed by atoms with Crippen LogP contribution in [0.15, 0.2) is 24.3 Å². The molecule has 0 aliphatic carbocycles. The summed E-state index contributed by atoms with van der Waals surface area (Å²) in [6, 6.07) is 7.01. The van der Waals surface area contributed by atoms with E-state index in [2.05, 4.69) is 0 Å². The van der Waals surface area contributed by atoms with Crippen molar-refractivity contribution in [1.82, 2.24) is 0 Å². The number of aliphatic hydroxyl groups is 1. The highest BCUT2D eigenvalue weighted by Gasteiger charge is 2.21. The number of hydrogen-bond acceptors (Lipinski definition) is 2. The number of carbonyl (C=O) groups excluding carboxylic acids is 1. The molecule has 14 heavy (non-hydrogen) atoms. The van der Waals surface area contributed by atoms with E-state index in [1.54, 1.807) is 31.2 Å². The van der Waals surface area contributed by atoms with Crippen LogP contribution in [0.4, 0.5) is 0 Å². The van der Waals surface area contributed by atoms with Crippen molar-refractivity contribution >= 4 is 17.4 Å². The van der Waals surface area contributed by atoms with Crippen LogP contribution >= 0.6 is 11.6 Å². The highest BCUT2D eigenvalue weighted by Crippen LogP contribution is 2.28. The predicted molar refractivity (Wildman–Crippen MR) is 56.3 cm³/mol. The molecule has 1 N–H and O–H groups in total. The summed E-state index contributed by atoms with van der Waals surface area (Å²) < 4.78 is 0. The number of ketones is 1. The van der Waals surface area contributed by atoms with E-state index >= 15 is 0 Å². The maximum absolute atomic E-state index is 11.1. The first-order chi connectivity index (χ1) is 6.54. The van der Waals surface area contributed by atoms with Crippen molar-refractivity contribution in [2.45, 2.75) is 20.0 Å². The van der Waals surface area contributed by atoms with Crippen molar-refractivity contribution in [3.63, 3.8) is 0 Å². The number of hydrogen-bond donors (Lipinski definition) is 1. The topological polar surface area (TPSA) is 37.3 Å². The minimum absolute atomic E-state index is 0.0441. The van der Waals surface area contributed by atoms with E-state index in [0.717, 1.165) is 0 Å². The van der Waals surface area contributed by atoms with Gasteiger partial charge >= 0.3 is 0 Å². The molecule has 2 nitrogen and oxygen atoms in total. The molecule has 0 aliphatic rings. The average Bonchev–Trinajstić information content (AvgIpc) is 2.16. The lowest BCUT2D eigenvalue weighted by atomic mass is 9.94. The van der Waals surface area contributed by atoms with Gasteiger partial charge in [-0.2, -0.15) is 0 Å². The fourth-order valence-corrected chi connectivity index (χ4v) is 1.45. The molecular formula is C11H13ClO2. The van der Waals surface area contributed by atoms with Gasteiger partial charge in [-0.3, -0.25) is 4.79 Å². The van der Waals surface area contributed by atoms with Gasteiger partial charge in [0.1, 0.15) is 5.78 Å². The summed E-state index contributed by atoms with van der Waals surface area (Å²) >= 11 is 5.90. The van der Waals surface area contributed by atoms with Crippen molar-refractivity contribution in [2.75, 3.05) is 0 Å². The van der Waals surface area contributed by atoms with Gasteiger partial charge < -0.3 is 5.11 Å². The molecular weight excluding hydrogens is 200 g/mol. The highest BCUT2D eigenvalue weighted by molar-refractivity contribution is 6.31. The Hall–Kier alpha value is -0.860. The van der Waals surface area contributed by atoms with Gasteiger partial charge in [0.15, 0.2) is 0 Å². The second-order valence-electron chi connectivity index (χ2n) is 3.37. The Morgan fingerprint density at radius 2 is 2.00 bits per heavy atom. The standard InChI is InChI=1S/C11H13ClO2/c1-7(8(2)13)11(14)9-5-3-4-6-10(9)12/h3-7,11,14H,1-2H3/t7-,11-/m1/s1. The predicted octanol–water partition coefficient (Wildman–Crippen LogP) is 2.60. The molecule has 0 heterocycles. The third-order valence-electron chi connectivity index (χ3n) is 2.34. The van der Waals surface area contributed by atoms with Crippen LogP contribution in [-0.2, 0) is 4.79 Å². The van der Waals surface area contributed by atoms with Crippen LogP contribution in [0.3, 0.4) is 0 Å². The summed E-state index contributed by atoms with van der Waals surface area (Å²) in [5.41, 5.74) is 0.608. The minimum atomic E-state index is -0.818. The van der Waals surface area contributed by atoms with Crippen LogP contribution in [0.2, 0.25) is 5.02 Å². The summed E-state index contributed by atoms with van der Waals surface area (Å²) in [5.74, 6) is -0.465.